The van der Waals surface area contributed by atoms with Gasteiger partial charge in [-0.1, -0.05) is 0 Å². The molecule has 1 amide bonds. The fourth-order valence-corrected chi connectivity index (χ4v) is 3.08. The fraction of sp³-hybridized carbons (Fsp3) is 0.579. The van der Waals surface area contributed by atoms with E-state index in [4.69, 9.17) is 9.47 Å². The summed E-state index contributed by atoms with van der Waals surface area (Å²) in [6, 6.07) is 3.88. The van der Waals surface area contributed by atoms with Crippen molar-refractivity contribution in [2.75, 3.05) is 6.61 Å². The summed E-state index contributed by atoms with van der Waals surface area (Å²) >= 11 is 0. The fourth-order valence-electron chi connectivity index (χ4n) is 3.08. The molecule has 1 fully saturated rings. The minimum Gasteiger partial charge on any atom is -0.475 e. The van der Waals surface area contributed by atoms with Crippen molar-refractivity contribution in [3.05, 3.63) is 22.9 Å². The number of fused-ring (bicyclic) bond motifs is 1. The average Bonchev–Trinajstić information content (AvgIpc) is 3.17. The van der Waals surface area contributed by atoms with Crippen molar-refractivity contribution in [3.8, 4) is 11.9 Å². The molecule has 1 atom stereocenters. The van der Waals surface area contributed by atoms with Gasteiger partial charge >= 0.3 is 6.09 Å². The average molecular weight is 357 g/mol. The molecular formula is C19H23N3O4. The number of alkyl carbamates (subject to hydrolysis) is 1. The molecule has 138 valence electrons. The number of carbonyl (C=O) groups is 2. The van der Waals surface area contributed by atoms with Crippen molar-refractivity contribution >= 4 is 12.4 Å². The molecule has 1 aromatic rings. The molecule has 0 aromatic carbocycles. The van der Waals surface area contributed by atoms with E-state index in [1.165, 1.54) is 0 Å². The standard InChI is InChI=1S/C19H23N3O4/c1-18(2,3)26-17(24)22-19(4-5-19)11-25-16-8-13-6-12(10-23)7-14(13)15(9-20)21-16/h8,10,12H,4-7,11H2,1-3H3,(H,22,24). The largest absolute Gasteiger partial charge is 0.475 e. The lowest BCUT2D eigenvalue weighted by molar-refractivity contribution is -0.110. The Kier molecular flexibility index (Phi) is 4.61. The maximum atomic E-state index is 12.0. The van der Waals surface area contributed by atoms with Crippen LogP contribution in [0.1, 0.15) is 50.4 Å². The number of hydrogen-bond acceptors (Lipinski definition) is 6. The summed E-state index contributed by atoms with van der Waals surface area (Å²) in [5, 5.41) is 12.2. The van der Waals surface area contributed by atoms with Gasteiger partial charge in [-0.15, -0.1) is 0 Å². The quantitative estimate of drug-likeness (QED) is 0.812. The van der Waals surface area contributed by atoms with E-state index >= 15 is 0 Å². The second-order valence-corrected chi connectivity index (χ2v) is 8.06. The SMILES string of the molecule is CC(C)(C)OC(=O)NC1(COc2cc3c(c(C#N)n2)CC(C=O)C3)CC1. The predicted molar refractivity (Wildman–Crippen MR) is 92.7 cm³/mol. The summed E-state index contributed by atoms with van der Waals surface area (Å²) in [5.41, 5.74) is 1.09. The normalized spacial score (nSPS) is 19.8. The molecule has 1 N–H and O–H groups in total. The second kappa shape index (κ2) is 6.60. The Bertz CT molecular complexity index is 772. The summed E-state index contributed by atoms with van der Waals surface area (Å²) in [4.78, 5) is 27.3. The minimum absolute atomic E-state index is 0.0993. The third-order valence-electron chi connectivity index (χ3n) is 4.56. The van der Waals surface area contributed by atoms with Crippen molar-refractivity contribution < 1.29 is 19.1 Å². The number of amides is 1. The number of rotatable bonds is 5. The van der Waals surface area contributed by atoms with E-state index in [0.29, 0.717) is 24.4 Å². The molecule has 0 radical (unpaired) electrons. The molecule has 26 heavy (non-hydrogen) atoms. The van der Waals surface area contributed by atoms with Crippen LogP contribution in [0.25, 0.3) is 0 Å². The first kappa shape index (κ1) is 18.2. The van der Waals surface area contributed by atoms with Crippen LogP contribution in [0.4, 0.5) is 4.79 Å². The van der Waals surface area contributed by atoms with E-state index in [9.17, 15) is 14.9 Å². The van der Waals surface area contributed by atoms with Gasteiger partial charge in [0.1, 0.15) is 30.3 Å². The minimum atomic E-state index is -0.556. The maximum absolute atomic E-state index is 12.0. The zero-order chi connectivity index (χ0) is 18.9. The molecule has 7 heteroatoms. The van der Waals surface area contributed by atoms with Gasteiger partial charge in [0.25, 0.3) is 0 Å². The first-order valence-electron chi connectivity index (χ1n) is 8.76. The molecular weight excluding hydrogens is 334 g/mol. The van der Waals surface area contributed by atoms with Crippen LogP contribution in [-0.2, 0) is 22.4 Å². The Morgan fingerprint density at radius 3 is 2.77 bits per heavy atom. The Morgan fingerprint density at radius 1 is 1.46 bits per heavy atom. The predicted octanol–water partition coefficient (Wildman–Crippen LogP) is 2.30. The molecule has 0 saturated heterocycles. The summed E-state index contributed by atoms with van der Waals surface area (Å²) in [6.07, 6.45) is 3.22. The van der Waals surface area contributed by atoms with E-state index in [2.05, 4.69) is 16.4 Å². The van der Waals surface area contributed by atoms with Crippen LogP contribution in [0, 0.1) is 17.2 Å². The third-order valence-corrected chi connectivity index (χ3v) is 4.56. The van der Waals surface area contributed by atoms with Crippen molar-refractivity contribution in [2.45, 2.75) is 57.6 Å². The lowest BCUT2D eigenvalue weighted by atomic mass is 10.1. The molecule has 1 unspecified atom stereocenters. The number of hydrogen-bond donors (Lipinski definition) is 1. The van der Waals surface area contributed by atoms with Gasteiger partial charge < -0.3 is 19.6 Å². The lowest BCUT2D eigenvalue weighted by Gasteiger charge is -2.23. The summed E-state index contributed by atoms with van der Waals surface area (Å²) in [5.74, 6) is 0.252. The molecule has 0 bridgehead atoms. The molecule has 7 nitrogen and oxygen atoms in total. The Hall–Kier alpha value is -2.62. The number of carbonyl (C=O) groups excluding carboxylic acids is 2. The number of nitriles is 1. The van der Waals surface area contributed by atoms with Crippen molar-refractivity contribution in [3.63, 3.8) is 0 Å². The zero-order valence-corrected chi connectivity index (χ0v) is 15.3. The number of aromatic nitrogens is 1. The summed E-state index contributed by atoms with van der Waals surface area (Å²) in [7, 11) is 0. The van der Waals surface area contributed by atoms with Crippen molar-refractivity contribution in [1.82, 2.24) is 10.3 Å². The molecule has 3 rings (SSSR count). The topological polar surface area (TPSA) is 101 Å². The maximum Gasteiger partial charge on any atom is 0.408 e. The van der Waals surface area contributed by atoms with Crippen molar-refractivity contribution in [1.29, 1.82) is 5.26 Å². The van der Waals surface area contributed by atoms with E-state index in [0.717, 1.165) is 30.3 Å². The highest BCUT2D eigenvalue weighted by molar-refractivity contribution is 5.69. The third kappa shape index (κ3) is 4.13. The molecule has 1 heterocycles. The molecule has 0 spiro atoms. The Balaban J connectivity index is 1.65. The first-order valence-corrected chi connectivity index (χ1v) is 8.76. The van der Waals surface area contributed by atoms with Gasteiger partial charge in [-0.2, -0.15) is 5.26 Å². The van der Waals surface area contributed by atoms with Gasteiger partial charge in [0, 0.05) is 12.0 Å². The number of pyridine rings is 1. The molecule has 1 aromatic heterocycles. The second-order valence-electron chi connectivity index (χ2n) is 8.06. The first-order chi connectivity index (χ1) is 12.2. The van der Waals surface area contributed by atoms with Gasteiger partial charge in [0.15, 0.2) is 0 Å². The van der Waals surface area contributed by atoms with Crippen LogP contribution in [0.2, 0.25) is 0 Å². The summed E-state index contributed by atoms with van der Waals surface area (Å²) < 4.78 is 11.1. The molecule has 2 aliphatic rings. The molecule has 1 saturated carbocycles. The monoisotopic (exact) mass is 357 g/mol. The zero-order valence-electron chi connectivity index (χ0n) is 15.3. The smallest absolute Gasteiger partial charge is 0.408 e. The van der Waals surface area contributed by atoms with Gasteiger partial charge in [-0.25, -0.2) is 9.78 Å². The number of aldehydes is 1. The molecule has 2 aliphatic carbocycles. The van der Waals surface area contributed by atoms with Crippen LogP contribution in [0.5, 0.6) is 5.88 Å². The van der Waals surface area contributed by atoms with E-state index in [1.807, 2.05) is 20.8 Å². The highest BCUT2D eigenvalue weighted by Crippen LogP contribution is 2.37. The van der Waals surface area contributed by atoms with Gasteiger partial charge in [0.2, 0.25) is 5.88 Å². The number of ether oxygens (including phenoxy) is 2. The van der Waals surface area contributed by atoms with Crippen LogP contribution in [0.15, 0.2) is 6.07 Å². The van der Waals surface area contributed by atoms with E-state index in [-0.39, 0.29) is 12.5 Å². The Labute approximate surface area is 152 Å². The van der Waals surface area contributed by atoms with Crippen LogP contribution in [-0.4, -0.2) is 35.1 Å². The van der Waals surface area contributed by atoms with E-state index < -0.39 is 17.2 Å². The Morgan fingerprint density at radius 2 is 2.19 bits per heavy atom. The molecule has 0 aliphatic heterocycles. The van der Waals surface area contributed by atoms with Crippen molar-refractivity contribution in [2.24, 2.45) is 5.92 Å². The van der Waals surface area contributed by atoms with Crippen LogP contribution >= 0.6 is 0 Å². The lowest BCUT2D eigenvalue weighted by Crippen LogP contribution is -2.44. The van der Waals surface area contributed by atoms with Crippen LogP contribution in [0.3, 0.4) is 0 Å². The number of nitrogens with zero attached hydrogens (tertiary/aromatic N) is 2. The summed E-state index contributed by atoms with van der Waals surface area (Å²) in [6.45, 7) is 5.70. The van der Waals surface area contributed by atoms with Gasteiger partial charge in [-0.3, -0.25) is 0 Å². The van der Waals surface area contributed by atoms with E-state index in [1.54, 1.807) is 6.07 Å². The van der Waals surface area contributed by atoms with Crippen LogP contribution < -0.4 is 10.1 Å². The van der Waals surface area contributed by atoms with Gasteiger partial charge in [-0.05, 0) is 57.6 Å². The van der Waals surface area contributed by atoms with Gasteiger partial charge in [0.05, 0.1) is 5.54 Å². The number of nitrogens with one attached hydrogen (secondary N) is 1. The highest BCUT2D eigenvalue weighted by Gasteiger charge is 2.46. The highest BCUT2D eigenvalue weighted by atomic mass is 16.6.